The first-order valence-corrected chi connectivity index (χ1v) is 9.76. The van der Waals surface area contributed by atoms with E-state index in [2.05, 4.69) is 9.88 Å². The second-order valence-corrected chi connectivity index (χ2v) is 7.53. The summed E-state index contributed by atoms with van der Waals surface area (Å²) in [4.78, 5) is 19.3. The molecule has 2 aromatic heterocycles. The van der Waals surface area contributed by atoms with Gasteiger partial charge in [-0.3, -0.25) is 9.36 Å². The predicted octanol–water partition coefficient (Wildman–Crippen LogP) is 3.02. The lowest BCUT2D eigenvalue weighted by atomic mass is 10.1. The highest BCUT2D eigenvalue weighted by atomic mass is 19.1. The van der Waals surface area contributed by atoms with Crippen LogP contribution < -0.4 is 10.3 Å². The third-order valence-electron chi connectivity index (χ3n) is 5.77. The molecule has 0 saturated carbocycles. The molecule has 0 amide bonds. The summed E-state index contributed by atoms with van der Waals surface area (Å²) in [6.07, 6.45) is 1.79. The highest BCUT2D eigenvalue weighted by Gasteiger charge is 2.27. The van der Waals surface area contributed by atoms with Crippen LogP contribution in [0.25, 0.3) is 22.3 Å². The quantitative estimate of drug-likeness (QED) is 0.690. The normalized spacial score (nSPS) is 16.5. The standard InChI is InChI=1S/C22H20F2N4O3/c1-27-8-4-5-12(27)11-28-21-13(20(29)14(10-25)22(28)30)9-16(24)19(26-21)18-15(23)6-3-7-17(18)31-2/h3,6-7,9,12,29H,4-5,8,11H2,1-2H3. The molecule has 1 N–H and O–H groups in total. The van der Waals surface area contributed by atoms with E-state index in [0.29, 0.717) is 0 Å². The molecular formula is C22H20F2N4O3. The Labute approximate surface area is 176 Å². The molecule has 1 aliphatic heterocycles. The fourth-order valence-electron chi connectivity index (χ4n) is 4.10. The number of aromatic hydroxyl groups is 1. The van der Waals surface area contributed by atoms with Crippen molar-refractivity contribution < 1.29 is 18.6 Å². The van der Waals surface area contributed by atoms with E-state index in [1.807, 2.05) is 7.05 Å². The summed E-state index contributed by atoms with van der Waals surface area (Å²) >= 11 is 0. The van der Waals surface area contributed by atoms with Gasteiger partial charge in [0.25, 0.3) is 5.56 Å². The number of fused-ring (bicyclic) bond motifs is 1. The third-order valence-corrected chi connectivity index (χ3v) is 5.77. The largest absolute Gasteiger partial charge is 0.506 e. The Bertz CT molecular complexity index is 1280. The van der Waals surface area contributed by atoms with Gasteiger partial charge in [0.1, 0.15) is 34.7 Å². The fraction of sp³-hybridized carbons (Fsp3) is 0.318. The van der Waals surface area contributed by atoms with E-state index in [4.69, 9.17) is 4.74 Å². The zero-order valence-electron chi connectivity index (χ0n) is 17.0. The maximum Gasteiger partial charge on any atom is 0.274 e. The lowest BCUT2D eigenvalue weighted by Gasteiger charge is -2.22. The molecule has 0 spiro atoms. The van der Waals surface area contributed by atoms with Crippen molar-refractivity contribution in [2.75, 3.05) is 20.7 Å². The minimum atomic E-state index is -0.918. The van der Waals surface area contributed by atoms with Crippen LogP contribution in [-0.2, 0) is 6.54 Å². The molecule has 1 aliphatic rings. The van der Waals surface area contributed by atoms with E-state index in [1.165, 1.54) is 23.8 Å². The van der Waals surface area contributed by atoms with E-state index < -0.39 is 28.5 Å². The van der Waals surface area contributed by atoms with Crippen molar-refractivity contribution in [2.24, 2.45) is 0 Å². The number of aromatic nitrogens is 2. The summed E-state index contributed by atoms with van der Waals surface area (Å²) in [5.74, 6) is -2.23. The van der Waals surface area contributed by atoms with Crippen molar-refractivity contribution in [2.45, 2.75) is 25.4 Å². The fourth-order valence-corrected chi connectivity index (χ4v) is 4.10. The molecule has 9 heteroatoms. The Morgan fingerprint density at radius 1 is 1.35 bits per heavy atom. The smallest absolute Gasteiger partial charge is 0.274 e. The molecule has 160 valence electrons. The molecule has 7 nitrogen and oxygen atoms in total. The maximum absolute atomic E-state index is 15.0. The lowest BCUT2D eigenvalue weighted by Crippen LogP contribution is -2.35. The SMILES string of the molecule is COc1cccc(F)c1-c1nc2c(cc1F)c(O)c(C#N)c(=O)n2CC1CCCN1C. The number of benzene rings is 1. The van der Waals surface area contributed by atoms with Gasteiger partial charge in [-0.25, -0.2) is 13.8 Å². The Morgan fingerprint density at radius 2 is 2.13 bits per heavy atom. The number of likely N-dealkylation sites (tertiary alicyclic amines) is 1. The number of halogens is 2. The van der Waals surface area contributed by atoms with Gasteiger partial charge in [-0.05, 0) is 44.6 Å². The summed E-state index contributed by atoms with van der Waals surface area (Å²) in [5, 5.41) is 19.8. The van der Waals surface area contributed by atoms with Crippen LogP contribution in [0.5, 0.6) is 11.5 Å². The highest BCUT2D eigenvalue weighted by Crippen LogP contribution is 2.36. The number of hydrogen-bond acceptors (Lipinski definition) is 6. The first-order chi connectivity index (χ1) is 14.9. The molecule has 1 fully saturated rings. The molecule has 1 unspecified atom stereocenters. The van der Waals surface area contributed by atoms with Crippen LogP contribution in [0.4, 0.5) is 8.78 Å². The van der Waals surface area contributed by atoms with Crippen LogP contribution >= 0.6 is 0 Å². The van der Waals surface area contributed by atoms with Gasteiger partial charge >= 0.3 is 0 Å². The summed E-state index contributed by atoms with van der Waals surface area (Å²) in [7, 11) is 3.26. The monoisotopic (exact) mass is 426 g/mol. The van der Waals surface area contributed by atoms with Crippen molar-refractivity contribution in [3.63, 3.8) is 0 Å². The van der Waals surface area contributed by atoms with Gasteiger partial charge in [-0.1, -0.05) is 6.07 Å². The molecular weight excluding hydrogens is 406 g/mol. The molecule has 1 atom stereocenters. The number of methoxy groups -OCH3 is 1. The van der Waals surface area contributed by atoms with E-state index in [1.54, 1.807) is 6.07 Å². The minimum Gasteiger partial charge on any atom is -0.506 e. The summed E-state index contributed by atoms with van der Waals surface area (Å²) in [6, 6.07) is 6.72. The number of rotatable bonds is 4. The molecule has 0 radical (unpaired) electrons. The second kappa shape index (κ2) is 7.96. The molecule has 1 aromatic carbocycles. The average Bonchev–Trinajstić information content (AvgIpc) is 3.16. The van der Waals surface area contributed by atoms with Crippen molar-refractivity contribution in [1.29, 1.82) is 5.26 Å². The van der Waals surface area contributed by atoms with E-state index in [0.717, 1.165) is 31.5 Å². The van der Waals surface area contributed by atoms with Gasteiger partial charge in [-0.2, -0.15) is 5.26 Å². The van der Waals surface area contributed by atoms with Gasteiger partial charge in [-0.15, -0.1) is 0 Å². The molecule has 3 heterocycles. The number of nitriles is 1. The van der Waals surface area contributed by atoms with Gasteiger partial charge in [0, 0.05) is 12.6 Å². The predicted molar refractivity (Wildman–Crippen MR) is 110 cm³/mol. The highest BCUT2D eigenvalue weighted by molar-refractivity contribution is 5.87. The molecule has 4 rings (SSSR count). The van der Waals surface area contributed by atoms with Crippen molar-refractivity contribution >= 4 is 11.0 Å². The first kappa shape index (κ1) is 20.8. The topological polar surface area (TPSA) is 91.4 Å². The van der Waals surface area contributed by atoms with Crippen molar-refractivity contribution in [1.82, 2.24) is 14.5 Å². The Balaban J connectivity index is 2.04. The van der Waals surface area contributed by atoms with Crippen LogP contribution in [0.2, 0.25) is 0 Å². The van der Waals surface area contributed by atoms with E-state index in [9.17, 15) is 19.6 Å². The minimum absolute atomic E-state index is 0.00952. The molecule has 1 saturated heterocycles. The van der Waals surface area contributed by atoms with E-state index in [-0.39, 0.29) is 40.6 Å². The molecule has 0 aliphatic carbocycles. The number of nitrogens with zero attached hydrogens (tertiary/aromatic N) is 4. The van der Waals surface area contributed by atoms with Crippen LogP contribution in [0.3, 0.4) is 0 Å². The van der Waals surface area contributed by atoms with Crippen LogP contribution in [0.1, 0.15) is 18.4 Å². The van der Waals surface area contributed by atoms with Crippen LogP contribution in [0, 0.1) is 23.0 Å². The first-order valence-electron chi connectivity index (χ1n) is 9.76. The third kappa shape index (κ3) is 3.39. The zero-order chi connectivity index (χ0) is 22.3. The van der Waals surface area contributed by atoms with Gasteiger partial charge in [0.2, 0.25) is 0 Å². The van der Waals surface area contributed by atoms with Crippen LogP contribution in [0.15, 0.2) is 29.1 Å². The molecule has 3 aromatic rings. The summed E-state index contributed by atoms with van der Waals surface area (Å²) in [5.41, 5.74) is -1.77. The van der Waals surface area contributed by atoms with Crippen molar-refractivity contribution in [3.8, 4) is 28.8 Å². The van der Waals surface area contributed by atoms with Gasteiger partial charge in [0.15, 0.2) is 11.4 Å². The average molecular weight is 426 g/mol. The van der Waals surface area contributed by atoms with E-state index >= 15 is 4.39 Å². The second-order valence-electron chi connectivity index (χ2n) is 7.53. The molecule has 0 bridgehead atoms. The lowest BCUT2D eigenvalue weighted by molar-refractivity contribution is 0.282. The summed E-state index contributed by atoms with van der Waals surface area (Å²) in [6.45, 7) is 1.06. The number of hydrogen-bond donors (Lipinski definition) is 1. The van der Waals surface area contributed by atoms with Gasteiger partial charge in [0.05, 0.1) is 18.1 Å². The van der Waals surface area contributed by atoms with Crippen LogP contribution in [-0.4, -0.2) is 46.3 Å². The maximum atomic E-state index is 15.0. The van der Waals surface area contributed by atoms with Gasteiger partial charge < -0.3 is 14.7 Å². The Kier molecular flexibility index (Phi) is 5.33. The number of likely N-dealkylation sites (N-methyl/N-ethyl adjacent to an activating group) is 1. The number of ether oxygens (including phenoxy) is 1. The number of pyridine rings is 2. The Morgan fingerprint density at radius 3 is 2.77 bits per heavy atom. The van der Waals surface area contributed by atoms with Crippen molar-refractivity contribution in [3.05, 3.63) is 51.8 Å². The summed E-state index contributed by atoms with van der Waals surface area (Å²) < 4.78 is 36.1. The molecule has 31 heavy (non-hydrogen) atoms. The Hall–Kier alpha value is -3.51. The zero-order valence-corrected chi connectivity index (χ0v) is 17.0.